The standard InChI is InChI=1S/C29H26/c1-18-9-7-13-23(20(18)3)27-16-15-26-25-12-6-5-11-22(25)17-28(26)29(27)24-14-8-10-19(2)21(24)4/h5-16H,17H2,1-4H3. The molecule has 4 aromatic carbocycles. The molecule has 0 spiro atoms. The van der Waals surface area contributed by atoms with Crippen molar-refractivity contribution < 1.29 is 0 Å². The summed E-state index contributed by atoms with van der Waals surface area (Å²) >= 11 is 0. The normalized spacial score (nSPS) is 12.0. The van der Waals surface area contributed by atoms with Crippen LogP contribution in [0.3, 0.4) is 0 Å². The minimum Gasteiger partial charge on any atom is -0.0619 e. The fraction of sp³-hybridized carbons (Fsp3) is 0.172. The summed E-state index contributed by atoms with van der Waals surface area (Å²) in [5, 5.41) is 0. The second-order valence-corrected chi connectivity index (χ2v) is 8.34. The quantitative estimate of drug-likeness (QED) is 0.295. The summed E-state index contributed by atoms with van der Waals surface area (Å²) in [4.78, 5) is 0. The lowest BCUT2D eigenvalue weighted by Crippen LogP contribution is -1.97. The molecule has 142 valence electrons. The van der Waals surface area contributed by atoms with Crippen molar-refractivity contribution in [2.75, 3.05) is 0 Å². The van der Waals surface area contributed by atoms with Gasteiger partial charge in [-0.15, -0.1) is 0 Å². The predicted molar refractivity (Wildman–Crippen MR) is 125 cm³/mol. The average Bonchev–Trinajstić information content (AvgIpc) is 3.10. The number of hydrogen-bond acceptors (Lipinski definition) is 0. The lowest BCUT2D eigenvalue weighted by molar-refractivity contribution is 1.25. The summed E-state index contributed by atoms with van der Waals surface area (Å²) in [6.07, 6.45) is 1.01. The lowest BCUT2D eigenvalue weighted by atomic mass is 9.84. The molecule has 0 radical (unpaired) electrons. The molecule has 5 rings (SSSR count). The Morgan fingerprint density at radius 3 is 1.83 bits per heavy atom. The molecule has 0 aromatic heterocycles. The van der Waals surface area contributed by atoms with Crippen molar-refractivity contribution in [3.05, 3.63) is 106 Å². The van der Waals surface area contributed by atoms with Gasteiger partial charge in [0.2, 0.25) is 0 Å². The number of rotatable bonds is 2. The van der Waals surface area contributed by atoms with E-state index in [1.807, 2.05) is 0 Å². The summed E-state index contributed by atoms with van der Waals surface area (Å²) < 4.78 is 0. The molecule has 0 saturated carbocycles. The van der Waals surface area contributed by atoms with Gasteiger partial charge in [-0.2, -0.15) is 0 Å². The Kier molecular flexibility index (Phi) is 4.17. The molecule has 0 atom stereocenters. The first-order valence-corrected chi connectivity index (χ1v) is 10.4. The Hall–Kier alpha value is -3.12. The predicted octanol–water partition coefficient (Wildman–Crippen LogP) is 7.83. The van der Waals surface area contributed by atoms with Crippen LogP contribution in [0, 0.1) is 27.7 Å². The van der Waals surface area contributed by atoms with Crippen LogP contribution >= 0.6 is 0 Å². The zero-order valence-corrected chi connectivity index (χ0v) is 17.6. The molecule has 0 fully saturated rings. The molecule has 29 heavy (non-hydrogen) atoms. The van der Waals surface area contributed by atoms with Gasteiger partial charge in [0, 0.05) is 0 Å². The highest BCUT2D eigenvalue weighted by Crippen LogP contribution is 2.47. The van der Waals surface area contributed by atoms with Gasteiger partial charge in [-0.3, -0.25) is 0 Å². The molecule has 0 saturated heterocycles. The van der Waals surface area contributed by atoms with E-state index in [0.717, 1.165) is 6.42 Å². The number of hydrogen-bond donors (Lipinski definition) is 0. The van der Waals surface area contributed by atoms with E-state index in [1.165, 1.54) is 66.8 Å². The van der Waals surface area contributed by atoms with E-state index in [1.54, 1.807) is 0 Å². The van der Waals surface area contributed by atoms with Gasteiger partial charge >= 0.3 is 0 Å². The summed E-state index contributed by atoms with van der Waals surface area (Å²) in [5.41, 5.74) is 16.6. The van der Waals surface area contributed by atoms with Crippen LogP contribution in [0.4, 0.5) is 0 Å². The Balaban J connectivity index is 1.87. The second kappa shape index (κ2) is 6.74. The monoisotopic (exact) mass is 374 g/mol. The third-order valence-corrected chi connectivity index (χ3v) is 6.76. The fourth-order valence-corrected chi connectivity index (χ4v) is 4.81. The van der Waals surface area contributed by atoms with Crippen molar-refractivity contribution >= 4 is 0 Å². The van der Waals surface area contributed by atoms with Gasteiger partial charge in [0.1, 0.15) is 0 Å². The first-order valence-electron chi connectivity index (χ1n) is 10.4. The first kappa shape index (κ1) is 17.9. The molecule has 1 aliphatic rings. The van der Waals surface area contributed by atoms with Crippen LogP contribution in [-0.2, 0) is 6.42 Å². The molecule has 1 aliphatic carbocycles. The van der Waals surface area contributed by atoms with E-state index in [0.29, 0.717) is 0 Å². The number of fused-ring (bicyclic) bond motifs is 3. The largest absolute Gasteiger partial charge is 0.0619 e. The lowest BCUT2D eigenvalue weighted by Gasteiger charge is -2.20. The molecule has 0 amide bonds. The SMILES string of the molecule is Cc1cccc(-c2ccc3c(c2-c2cccc(C)c2C)Cc2ccccc2-3)c1C. The zero-order valence-electron chi connectivity index (χ0n) is 17.6. The Bertz CT molecular complexity index is 1260. The second-order valence-electron chi connectivity index (χ2n) is 8.34. The van der Waals surface area contributed by atoms with Gasteiger partial charge in [-0.1, -0.05) is 72.8 Å². The van der Waals surface area contributed by atoms with Crippen molar-refractivity contribution in [1.82, 2.24) is 0 Å². The molecule has 0 unspecified atom stereocenters. The number of benzene rings is 4. The summed E-state index contributed by atoms with van der Waals surface area (Å²) in [7, 11) is 0. The summed E-state index contributed by atoms with van der Waals surface area (Å²) in [6, 6.07) is 26.9. The van der Waals surface area contributed by atoms with Gasteiger partial charge in [0.15, 0.2) is 0 Å². The molecular weight excluding hydrogens is 348 g/mol. The van der Waals surface area contributed by atoms with Crippen molar-refractivity contribution in [2.24, 2.45) is 0 Å². The third kappa shape index (κ3) is 2.75. The van der Waals surface area contributed by atoms with E-state index in [4.69, 9.17) is 0 Å². The summed E-state index contributed by atoms with van der Waals surface area (Å²) in [5.74, 6) is 0. The third-order valence-electron chi connectivity index (χ3n) is 6.76. The molecule has 0 aliphatic heterocycles. The summed E-state index contributed by atoms with van der Waals surface area (Å²) in [6.45, 7) is 8.94. The minimum atomic E-state index is 1.01. The molecule has 0 bridgehead atoms. The van der Waals surface area contributed by atoms with Crippen molar-refractivity contribution in [3.63, 3.8) is 0 Å². The fourth-order valence-electron chi connectivity index (χ4n) is 4.81. The Morgan fingerprint density at radius 1 is 0.483 bits per heavy atom. The van der Waals surface area contributed by atoms with Crippen LogP contribution < -0.4 is 0 Å². The topological polar surface area (TPSA) is 0 Å². The van der Waals surface area contributed by atoms with Crippen molar-refractivity contribution in [1.29, 1.82) is 0 Å². The highest BCUT2D eigenvalue weighted by atomic mass is 14.3. The van der Waals surface area contributed by atoms with E-state index < -0.39 is 0 Å². The zero-order chi connectivity index (χ0) is 20.1. The maximum absolute atomic E-state index is 2.35. The van der Waals surface area contributed by atoms with E-state index in [2.05, 4.69) is 100 Å². The first-order chi connectivity index (χ1) is 14.1. The minimum absolute atomic E-state index is 1.01. The van der Waals surface area contributed by atoms with Crippen LogP contribution in [0.2, 0.25) is 0 Å². The van der Waals surface area contributed by atoms with Crippen LogP contribution in [0.1, 0.15) is 33.4 Å². The average molecular weight is 375 g/mol. The molecule has 0 heteroatoms. The molecule has 0 N–H and O–H groups in total. The van der Waals surface area contributed by atoms with Gasteiger partial charge in [-0.05, 0) is 101 Å². The molecular formula is C29H26. The molecule has 0 heterocycles. The van der Waals surface area contributed by atoms with E-state index in [9.17, 15) is 0 Å². The smallest absolute Gasteiger partial charge is 0.000706 e. The molecule has 0 nitrogen and oxygen atoms in total. The maximum atomic E-state index is 2.35. The van der Waals surface area contributed by atoms with E-state index in [-0.39, 0.29) is 0 Å². The van der Waals surface area contributed by atoms with Crippen LogP contribution in [0.25, 0.3) is 33.4 Å². The number of aryl methyl sites for hydroxylation is 2. The van der Waals surface area contributed by atoms with Crippen LogP contribution in [0.5, 0.6) is 0 Å². The van der Waals surface area contributed by atoms with Gasteiger partial charge < -0.3 is 0 Å². The Morgan fingerprint density at radius 2 is 1.07 bits per heavy atom. The van der Waals surface area contributed by atoms with Crippen LogP contribution in [-0.4, -0.2) is 0 Å². The van der Waals surface area contributed by atoms with Gasteiger partial charge in [0.25, 0.3) is 0 Å². The van der Waals surface area contributed by atoms with Gasteiger partial charge in [0.05, 0.1) is 0 Å². The van der Waals surface area contributed by atoms with Gasteiger partial charge in [-0.25, -0.2) is 0 Å². The Labute approximate surface area is 173 Å². The van der Waals surface area contributed by atoms with Crippen molar-refractivity contribution in [3.8, 4) is 33.4 Å². The maximum Gasteiger partial charge on any atom is -0.000706 e. The van der Waals surface area contributed by atoms with Crippen molar-refractivity contribution in [2.45, 2.75) is 34.1 Å². The highest BCUT2D eigenvalue weighted by Gasteiger charge is 2.25. The highest BCUT2D eigenvalue weighted by molar-refractivity contribution is 5.95. The molecule has 4 aromatic rings. The van der Waals surface area contributed by atoms with E-state index >= 15 is 0 Å². The van der Waals surface area contributed by atoms with Crippen LogP contribution in [0.15, 0.2) is 72.8 Å².